The second kappa shape index (κ2) is 4.12. The first kappa shape index (κ1) is 12.3. The first-order chi connectivity index (χ1) is 9.06. The van der Waals surface area contributed by atoms with E-state index in [1.807, 2.05) is 0 Å². The smallest absolute Gasteiger partial charge is 0.0449 e. The standard InChI is InChI=1S/C18H21N/c1-13(2)18(3)14-9-5-7-11-16(14)19(4)17-12-8-6-10-15(17)18/h5-13H,1-4H3. The summed E-state index contributed by atoms with van der Waals surface area (Å²) < 4.78 is 0. The first-order valence-electron chi connectivity index (χ1n) is 6.99. The molecular formula is C18H21N. The molecule has 19 heavy (non-hydrogen) atoms. The molecule has 0 amide bonds. The molecular weight excluding hydrogens is 230 g/mol. The van der Waals surface area contributed by atoms with Gasteiger partial charge in [-0.25, -0.2) is 0 Å². The summed E-state index contributed by atoms with van der Waals surface area (Å²) >= 11 is 0. The summed E-state index contributed by atoms with van der Waals surface area (Å²) in [5.41, 5.74) is 5.62. The SMILES string of the molecule is CC(C)C1(C)c2ccccc2N(C)c2ccccc21. The van der Waals surface area contributed by atoms with Crippen molar-refractivity contribution in [3.05, 3.63) is 59.7 Å². The van der Waals surface area contributed by atoms with E-state index in [1.165, 1.54) is 22.5 Å². The molecule has 98 valence electrons. The maximum Gasteiger partial charge on any atom is 0.0449 e. The Hall–Kier alpha value is -1.76. The van der Waals surface area contributed by atoms with Crippen LogP contribution in [0.15, 0.2) is 48.5 Å². The summed E-state index contributed by atoms with van der Waals surface area (Å²) in [6.45, 7) is 7.01. The number of hydrogen-bond donors (Lipinski definition) is 0. The molecule has 0 aromatic heterocycles. The largest absolute Gasteiger partial charge is 0.344 e. The summed E-state index contributed by atoms with van der Waals surface area (Å²) in [5, 5.41) is 0. The number of anilines is 2. The van der Waals surface area contributed by atoms with Gasteiger partial charge < -0.3 is 4.90 Å². The van der Waals surface area contributed by atoms with Crippen LogP contribution in [0, 0.1) is 5.92 Å². The molecule has 0 radical (unpaired) electrons. The molecule has 0 bridgehead atoms. The maximum atomic E-state index is 2.38. The van der Waals surface area contributed by atoms with E-state index in [-0.39, 0.29) is 5.41 Å². The lowest BCUT2D eigenvalue weighted by atomic mass is 9.65. The van der Waals surface area contributed by atoms with Crippen molar-refractivity contribution >= 4 is 11.4 Å². The predicted molar refractivity (Wildman–Crippen MR) is 82.2 cm³/mol. The molecule has 1 aliphatic rings. The van der Waals surface area contributed by atoms with Gasteiger partial charge in [0.1, 0.15) is 0 Å². The molecule has 1 aliphatic heterocycles. The van der Waals surface area contributed by atoms with Crippen molar-refractivity contribution < 1.29 is 0 Å². The number of benzene rings is 2. The molecule has 0 N–H and O–H groups in total. The lowest BCUT2D eigenvalue weighted by molar-refractivity contribution is 0.402. The molecule has 0 saturated heterocycles. The van der Waals surface area contributed by atoms with Gasteiger partial charge in [0.25, 0.3) is 0 Å². The molecule has 1 nitrogen and oxygen atoms in total. The van der Waals surface area contributed by atoms with Crippen LogP contribution in [-0.4, -0.2) is 7.05 Å². The van der Waals surface area contributed by atoms with E-state index in [4.69, 9.17) is 0 Å². The summed E-state index contributed by atoms with van der Waals surface area (Å²) in [6, 6.07) is 17.6. The van der Waals surface area contributed by atoms with Gasteiger partial charge in [-0.1, -0.05) is 57.2 Å². The molecule has 1 heterocycles. The average molecular weight is 251 g/mol. The summed E-state index contributed by atoms with van der Waals surface area (Å²) in [6.07, 6.45) is 0. The Balaban J connectivity index is 2.36. The zero-order valence-corrected chi connectivity index (χ0v) is 12.1. The molecule has 0 saturated carbocycles. The van der Waals surface area contributed by atoms with E-state index >= 15 is 0 Å². The van der Waals surface area contributed by atoms with E-state index in [9.17, 15) is 0 Å². The first-order valence-corrected chi connectivity index (χ1v) is 6.99. The highest BCUT2D eigenvalue weighted by Gasteiger charge is 2.40. The molecule has 0 fully saturated rings. The minimum absolute atomic E-state index is 0.0830. The zero-order valence-electron chi connectivity index (χ0n) is 12.1. The van der Waals surface area contributed by atoms with Crippen molar-refractivity contribution in [2.75, 3.05) is 11.9 Å². The van der Waals surface area contributed by atoms with Crippen LogP contribution in [-0.2, 0) is 5.41 Å². The normalized spacial score (nSPS) is 16.2. The third kappa shape index (κ3) is 1.54. The van der Waals surface area contributed by atoms with Crippen LogP contribution >= 0.6 is 0 Å². The Morgan fingerprint density at radius 2 is 1.26 bits per heavy atom. The number of rotatable bonds is 1. The van der Waals surface area contributed by atoms with Crippen LogP contribution in [0.5, 0.6) is 0 Å². The second-order valence-corrected chi connectivity index (χ2v) is 5.95. The quantitative estimate of drug-likeness (QED) is 0.708. The van der Waals surface area contributed by atoms with Crippen molar-refractivity contribution in [2.45, 2.75) is 26.2 Å². The van der Waals surface area contributed by atoms with Crippen LogP contribution in [0.3, 0.4) is 0 Å². The van der Waals surface area contributed by atoms with Crippen LogP contribution < -0.4 is 4.90 Å². The third-order valence-corrected chi connectivity index (χ3v) is 4.80. The van der Waals surface area contributed by atoms with Crippen LogP contribution in [0.2, 0.25) is 0 Å². The van der Waals surface area contributed by atoms with Crippen LogP contribution in [0.25, 0.3) is 0 Å². The fourth-order valence-electron chi connectivity index (χ4n) is 3.31. The molecule has 2 aromatic rings. The zero-order chi connectivity index (χ0) is 13.6. The summed E-state index contributed by atoms with van der Waals surface area (Å²) in [7, 11) is 2.16. The molecule has 0 unspecified atom stereocenters. The highest BCUT2D eigenvalue weighted by molar-refractivity contribution is 5.77. The van der Waals surface area contributed by atoms with Crippen LogP contribution in [0.4, 0.5) is 11.4 Å². The molecule has 0 aliphatic carbocycles. The van der Waals surface area contributed by atoms with E-state index in [0.29, 0.717) is 5.92 Å². The van der Waals surface area contributed by atoms with Crippen LogP contribution in [0.1, 0.15) is 31.9 Å². The van der Waals surface area contributed by atoms with Gasteiger partial charge in [-0.05, 0) is 29.2 Å². The van der Waals surface area contributed by atoms with Crippen molar-refractivity contribution in [3.8, 4) is 0 Å². The van der Waals surface area contributed by atoms with E-state index in [2.05, 4.69) is 81.2 Å². The predicted octanol–water partition coefficient (Wildman–Crippen LogP) is 4.73. The lowest BCUT2D eigenvalue weighted by Gasteiger charge is -2.44. The molecule has 0 spiro atoms. The highest BCUT2D eigenvalue weighted by atomic mass is 15.1. The maximum absolute atomic E-state index is 2.38. The molecule has 2 aromatic carbocycles. The topological polar surface area (TPSA) is 3.24 Å². The van der Waals surface area contributed by atoms with Gasteiger partial charge in [0.15, 0.2) is 0 Å². The summed E-state index contributed by atoms with van der Waals surface area (Å²) in [5.74, 6) is 0.559. The Bertz CT molecular complexity index is 565. The Labute approximate surface area is 115 Å². The number of para-hydroxylation sites is 2. The fraction of sp³-hybridized carbons (Fsp3) is 0.333. The van der Waals surface area contributed by atoms with Crippen molar-refractivity contribution in [1.29, 1.82) is 0 Å². The Morgan fingerprint density at radius 1 is 0.842 bits per heavy atom. The van der Waals surface area contributed by atoms with Crippen molar-refractivity contribution in [3.63, 3.8) is 0 Å². The number of fused-ring (bicyclic) bond motifs is 2. The lowest BCUT2D eigenvalue weighted by Crippen LogP contribution is -2.37. The molecule has 0 atom stereocenters. The van der Waals surface area contributed by atoms with E-state index < -0.39 is 0 Å². The van der Waals surface area contributed by atoms with Gasteiger partial charge in [-0.2, -0.15) is 0 Å². The van der Waals surface area contributed by atoms with Gasteiger partial charge in [0.05, 0.1) is 0 Å². The van der Waals surface area contributed by atoms with Gasteiger partial charge in [-0.15, -0.1) is 0 Å². The molecule has 3 rings (SSSR count). The minimum Gasteiger partial charge on any atom is -0.344 e. The van der Waals surface area contributed by atoms with Gasteiger partial charge in [0, 0.05) is 23.8 Å². The minimum atomic E-state index is 0.0830. The van der Waals surface area contributed by atoms with Crippen molar-refractivity contribution in [2.24, 2.45) is 5.92 Å². The Kier molecular flexibility index (Phi) is 2.67. The van der Waals surface area contributed by atoms with Gasteiger partial charge >= 0.3 is 0 Å². The second-order valence-electron chi connectivity index (χ2n) is 5.95. The monoisotopic (exact) mass is 251 g/mol. The van der Waals surface area contributed by atoms with Gasteiger partial charge in [0.2, 0.25) is 0 Å². The highest BCUT2D eigenvalue weighted by Crippen LogP contribution is 2.51. The van der Waals surface area contributed by atoms with E-state index in [0.717, 1.165) is 0 Å². The Morgan fingerprint density at radius 3 is 1.68 bits per heavy atom. The van der Waals surface area contributed by atoms with E-state index in [1.54, 1.807) is 0 Å². The van der Waals surface area contributed by atoms with Gasteiger partial charge in [-0.3, -0.25) is 0 Å². The average Bonchev–Trinajstić information content (AvgIpc) is 2.44. The third-order valence-electron chi connectivity index (χ3n) is 4.80. The molecule has 1 heteroatoms. The number of nitrogens with zero attached hydrogens (tertiary/aromatic N) is 1. The number of hydrogen-bond acceptors (Lipinski definition) is 1. The van der Waals surface area contributed by atoms with Crippen molar-refractivity contribution in [1.82, 2.24) is 0 Å². The summed E-state index contributed by atoms with van der Waals surface area (Å²) in [4.78, 5) is 2.31. The fourth-order valence-corrected chi connectivity index (χ4v) is 3.31.